The molecular formula is C4H11NO3S. The molecule has 0 fully saturated rings. The van der Waals surface area contributed by atoms with E-state index in [0.29, 0.717) is 0 Å². The summed E-state index contributed by atoms with van der Waals surface area (Å²) in [6.07, 6.45) is -0.703. The highest BCUT2D eigenvalue weighted by Crippen LogP contribution is 1.98. The summed E-state index contributed by atoms with van der Waals surface area (Å²) in [7, 11) is -2.80. The van der Waals surface area contributed by atoms with Crippen LogP contribution in [-0.2, 0) is 15.2 Å². The number of hydrogen-bond acceptors (Lipinski definition) is 4. The Labute approximate surface area is 56.2 Å². The van der Waals surface area contributed by atoms with E-state index >= 15 is 0 Å². The van der Waals surface area contributed by atoms with Gasteiger partial charge in [0.2, 0.25) is 0 Å². The second-order valence-corrected chi connectivity index (χ2v) is 2.70. The molecule has 4 nitrogen and oxygen atoms in total. The second kappa shape index (κ2) is 3.81. The number of thiol groups is 1. The largest absolute Gasteiger partial charge is 0.305 e. The van der Waals surface area contributed by atoms with Gasteiger partial charge in [0, 0.05) is 0 Å². The van der Waals surface area contributed by atoms with Crippen molar-refractivity contribution in [3.05, 3.63) is 0 Å². The van der Waals surface area contributed by atoms with Gasteiger partial charge < -0.3 is 5.73 Å². The van der Waals surface area contributed by atoms with Crippen molar-refractivity contribution in [1.29, 1.82) is 0 Å². The first kappa shape index (κ1) is 8.87. The molecule has 0 spiro atoms. The maximum absolute atomic E-state index is 9.85. The molecule has 0 radical (unpaired) electrons. The van der Waals surface area contributed by atoms with Gasteiger partial charge in [0.05, 0.1) is 0 Å². The standard InChI is InChI=1S/C4H11NO3S/c1-3(2)4(5)8-9(6)7/h3-4,9H,5H2,1-2H3. The summed E-state index contributed by atoms with van der Waals surface area (Å²) in [5.41, 5.74) is 5.21. The van der Waals surface area contributed by atoms with Crippen molar-refractivity contribution in [3.63, 3.8) is 0 Å². The fourth-order valence-corrected chi connectivity index (χ4v) is 0.663. The molecule has 1 atom stereocenters. The third-order valence-electron chi connectivity index (χ3n) is 0.865. The molecule has 56 valence electrons. The first-order chi connectivity index (χ1) is 4.04. The zero-order valence-electron chi connectivity index (χ0n) is 5.40. The molecule has 9 heavy (non-hydrogen) atoms. The lowest BCUT2D eigenvalue weighted by Crippen LogP contribution is -2.28. The van der Waals surface area contributed by atoms with Crippen LogP contribution in [0.5, 0.6) is 0 Å². The fraction of sp³-hybridized carbons (Fsp3) is 1.00. The molecule has 0 aromatic carbocycles. The Hall–Kier alpha value is -0.130. The van der Waals surface area contributed by atoms with Crippen molar-refractivity contribution in [2.45, 2.75) is 20.1 Å². The minimum Gasteiger partial charge on any atom is -0.305 e. The average Bonchev–Trinajstić information content (AvgIpc) is 1.63. The lowest BCUT2D eigenvalue weighted by Gasteiger charge is -2.10. The van der Waals surface area contributed by atoms with Crippen molar-refractivity contribution in [2.75, 3.05) is 0 Å². The molecule has 0 aromatic heterocycles. The minimum absolute atomic E-state index is 0.0258. The number of rotatable bonds is 3. The summed E-state index contributed by atoms with van der Waals surface area (Å²) in [5, 5.41) is 0. The van der Waals surface area contributed by atoms with Crippen molar-refractivity contribution >= 4 is 11.0 Å². The van der Waals surface area contributed by atoms with E-state index in [1.165, 1.54) is 0 Å². The van der Waals surface area contributed by atoms with Crippen LogP contribution in [0.25, 0.3) is 0 Å². The lowest BCUT2D eigenvalue weighted by atomic mass is 10.2. The summed E-state index contributed by atoms with van der Waals surface area (Å²) >= 11 is 0. The molecule has 0 rings (SSSR count). The molecule has 0 aromatic rings. The quantitative estimate of drug-likeness (QED) is 0.422. The van der Waals surface area contributed by atoms with Gasteiger partial charge in [-0.1, -0.05) is 13.8 Å². The third kappa shape index (κ3) is 4.38. The highest BCUT2D eigenvalue weighted by molar-refractivity contribution is 7.67. The van der Waals surface area contributed by atoms with Crippen molar-refractivity contribution in [1.82, 2.24) is 0 Å². The Morgan fingerprint density at radius 1 is 1.44 bits per heavy atom. The van der Waals surface area contributed by atoms with Crippen LogP contribution >= 0.6 is 0 Å². The summed E-state index contributed by atoms with van der Waals surface area (Å²) < 4.78 is 23.9. The van der Waals surface area contributed by atoms with Crippen molar-refractivity contribution in [3.8, 4) is 0 Å². The van der Waals surface area contributed by atoms with Crippen molar-refractivity contribution in [2.24, 2.45) is 11.7 Å². The van der Waals surface area contributed by atoms with Crippen molar-refractivity contribution < 1.29 is 12.6 Å². The Morgan fingerprint density at radius 3 is 2.00 bits per heavy atom. The van der Waals surface area contributed by atoms with E-state index in [4.69, 9.17) is 5.73 Å². The normalized spacial score (nSPS) is 14.8. The number of hydrogen-bond donors (Lipinski definition) is 2. The molecule has 0 heterocycles. The van der Waals surface area contributed by atoms with Crippen LogP contribution < -0.4 is 5.73 Å². The SMILES string of the molecule is CC(C)C(N)O[SH](=O)=O. The van der Waals surface area contributed by atoms with Crippen LogP contribution in [0.15, 0.2) is 0 Å². The topological polar surface area (TPSA) is 69.4 Å². The third-order valence-corrected chi connectivity index (χ3v) is 1.28. The molecule has 0 aliphatic carbocycles. The molecule has 0 bridgehead atoms. The van der Waals surface area contributed by atoms with Crippen LogP contribution in [0.1, 0.15) is 13.8 Å². The van der Waals surface area contributed by atoms with E-state index in [1.807, 2.05) is 0 Å². The predicted molar refractivity (Wildman–Crippen MR) is 34.2 cm³/mol. The molecule has 5 heteroatoms. The predicted octanol–water partition coefficient (Wildman–Crippen LogP) is -0.530. The Morgan fingerprint density at radius 2 is 1.89 bits per heavy atom. The Bertz CT molecular complexity index is 135. The fourth-order valence-electron chi connectivity index (χ4n) is 0.221. The van der Waals surface area contributed by atoms with Gasteiger partial charge in [-0.05, 0) is 5.92 Å². The van der Waals surface area contributed by atoms with Gasteiger partial charge in [-0.25, -0.2) is 8.42 Å². The van der Waals surface area contributed by atoms with Gasteiger partial charge in [0.15, 0.2) is 0 Å². The summed E-state index contributed by atoms with van der Waals surface area (Å²) in [5.74, 6) is 0.0258. The molecule has 1 unspecified atom stereocenters. The van der Waals surface area contributed by atoms with Gasteiger partial charge in [0.1, 0.15) is 6.23 Å². The zero-order chi connectivity index (χ0) is 7.44. The Balaban J connectivity index is 3.63. The smallest absolute Gasteiger partial charge is 0.258 e. The van der Waals surface area contributed by atoms with E-state index in [2.05, 4.69) is 4.18 Å². The molecule has 0 saturated carbocycles. The molecule has 0 amide bonds. The molecular weight excluding hydrogens is 142 g/mol. The minimum atomic E-state index is -2.80. The lowest BCUT2D eigenvalue weighted by molar-refractivity contribution is 0.174. The maximum Gasteiger partial charge on any atom is 0.258 e. The van der Waals surface area contributed by atoms with Crippen LogP contribution in [0.4, 0.5) is 0 Å². The second-order valence-electron chi connectivity index (χ2n) is 2.04. The van der Waals surface area contributed by atoms with Gasteiger partial charge >= 0.3 is 0 Å². The van der Waals surface area contributed by atoms with E-state index in [0.717, 1.165) is 0 Å². The van der Waals surface area contributed by atoms with Gasteiger partial charge in [-0.15, -0.1) is 0 Å². The van der Waals surface area contributed by atoms with E-state index in [1.54, 1.807) is 13.8 Å². The van der Waals surface area contributed by atoms with Gasteiger partial charge in [0.25, 0.3) is 11.0 Å². The van der Waals surface area contributed by atoms with Crippen LogP contribution in [0.2, 0.25) is 0 Å². The molecule has 2 N–H and O–H groups in total. The first-order valence-electron chi connectivity index (χ1n) is 2.60. The number of nitrogens with two attached hydrogens (primary N) is 1. The van der Waals surface area contributed by atoms with Gasteiger partial charge in [-0.2, -0.15) is 0 Å². The summed E-state index contributed by atoms with van der Waals surface area (Å²) in [6, 6.07) is 0. The average molecular weight is 153 g/mol. The molecule has 0 aliphatic heterocycles. The monoisotopic (exact) mass is 153 g/mol. The summed E-state index contributed by atoms with van der Waals surface area (Å²) in [6.45, 7) is 3.56. The highest BCUT2D eigenvalue weighted by atomic mass is 32.2. The first-order valence-corrected chi connectivity index (χ1v) is 3.70. The van der Waals surface area contributed by atoms with E-state index < -0.39 is 17.2 Å². The zero-order valence-corrected chi connectivity index (χ0v) is 6.30. The molecule has 0 aliphatic rings. The summed E-state index contributed by atoms with van der Waals surface area (Å²) in [4.78, 5) is 0. The van der Waals surface area contributed by atoms with Crippen LogP contribution in [0, 0.1) is 5.92 Å². The highest BCUT2D eigenvalue weighted by Gasteiger charge is 2.07. The Kier molecular flexibility index (Phi) is 3.76. The van der Waals surface area contributed by atoms with E-state index in [9.17, 15) is 8.42 Å². The van der Waals surface area contributed by atoms with E-state index in [-0.39, 0.29) is 5.92 Å². The molecule has 0 saturated heterocycles. The van der Waals surface area contributed by atoms with Gasteiger partial charge in [-0.3, -0.25) is 4.18 Å². The maximum atomic E-state index is 9.85. The van der Waals surface area contributed by atoms with Crippen LogP contribution in [-0.4, -0.2) is 14.6 Å². The van der Waals surface area contributed by atoms with Crippen LogP contribution in [0.3, 0.4) is 0 Å².